The van der Waals surface area contributed by atoms with Crippen molar-refractivity contribution in [3.8, 4) is 11.5 Å². The van der Waals surface area contributed by atoms with Gasteiger partial charge in [-0.05, 0) is 103 Å². The van der Waals surface area contributed by atoms with Crippen molar-refractivity contribution in [3.63, 3.8) is 0 Å². The quantitative estimate of drug-likeness (QED) is 0.144. The first-order valence-corrected chi connectivity index (χ1v) is 16.5. The number of amides is 1. The van der Waals surface area contributed by atoms with E-state index in [2.05, 4.69) is 20.8 Å². The van der Waals surface area contributed by atoms with Gasteiger partial charge in [-0.3, -0.25) is 4.79 Å². The lowest BCUT2D eigenvalue weighted by Gasteiger charge is -2.64. The SMILES string of the molecule is CC(C)(C)OC(=O)Oc1c(CCB2O[C@@H]3C[C@@H]4C[C@@H](C4(C)C)[C@]3(C)O2)ccc(OC2CN(C(=O)CCl)C2)c1C(=O)OC(C)(C)C. The molecule has 0 aromatic heterocycles. The first kappa shape index (κ1) is 33.9. The third-order valence-electron chi connectivity index (χ3n) is 9.64. The lowest BCUT2D eigenvalue weighted by Crippen LogP contribution is -2.65. The number of esters is 1. The molecule has 45 heavy (non-hydrogen) atoms. The first-order valence-electron chi connectivity index (χ1n) is 15.9. The summed E-state index contributed by atoms with van der Waals surface area (Å²) in [6, 6.07) is 3.45. The summed E-state index contributed by atoms with van der Waals surface area (Å²) in [6.07, 6.45) is 1.72. The largest absolute Gasteiger partial charge is 0.514 e. The van der Waals surface area contributed by atoms with E-state index in [1.54, 1.807) is 58.6 Å². The molecule has 10 nitrogen and oxygen atoms in total. The number of carbonyl (C=O) groups is 3. The molecule has 2 aliphatic heterocycles. The van der Waals surface area contributed by atoms with E-state index in [0.29, 0.717) is 43.2 Å². The van der Waals surface area contributed by atoms with Crippen molar-refractivity contribution in [3.05, 3.63) is 23.3 Å². The third-order valence-corrected chi connectivity index (χ3v) is 9.87. The number of alkyl halides is 1. The highest BCUT2D eigenvalue weighted by Gasteiger charge is 2.67. The van der Waals surface area contributed by atoms with Crippen LogP contribution in [0, 0.1) is 17.3 Å². The van der Waals surface area contributed by atoms with Crippen LogP contribution < -0.4 is 9.47 Å². The predicted molar refractivity (Wildman–Crippen MR) is 169 cm³/mol. The van der Waals surface area contributed by atoms with Gasteiger partial charge < -0.3 is 33.2 Å². The van der Waals surface area contributed by atoms with Crippen molar-refractivity contribution in [1.29, 1.82) is 0 Å². The van der Waals surface area contributed by atoms with E-state index in [0.717, 1.165) is 12.8 Å². The molecule has 1 aromatic carbocycles. The van der Waals surface area contributed by atoms with E-state index in [4.69, 9.17) is 39.9 Å². The van der Waals surface area contributed by atoms with Crippen molar-refractivity contribution >= 4 is 36.8 Å². The number of carbonyl (C=O) groups excluding carboxylic acids is 3. The molecule has 2 bridgehead atoms. The summed E-state index contributed by atoms with van der Waals surface area (Å²) in [5.74, 6) is 0.237. The summed E-state index contributed by atoms with van der Waals surface area (Å²) in [5.41, 5.74) is -1.22. The van der Waals surface area contributed by atoms with Gasteiger partial charge in [0.2, 0.25) is 5.91 Å². The van der Waals surface area contributed by atoms with Crippen molar-refractivity contribution < 1.29 is 42.6 Å². The molecule has 1 aromatic rings. The smallest absolute Gasteiger partial charge is 0.486 e. The molecule has 3 saturated carbocycles. The van der Waals surface area contributed by atoms with Crippen LogP contribution in [-0.4, -0.2) is 78.0 Å². The Bertz CT molecular complexity index is 1330. The van der Waals surface area contributed by atoms with Crippen molar-refractivity contribution in [2.45, 2.75) is 117 Å². The summed E-state index contributed by atoms with van der Waals surface area (Å²) in [7, 11) is -0.439. The molecule has 5 aliphatic rings. The van der Waals surface area contributed by atoms with Crippen LogP contribution in [0.1, 0.15) is 91.1 Å². The first-order chi connectivity index (χ1) is 20.8. The summed E-state index contributed by atoms with van der Waals surface area (Å²) >= 11 is 5.70. The molecule has 6 rings (SSSR count). The average molecular weight is 648 g/mol. The van der Waals surface area contributed by atoms with Crippen LogP contribution in [0.25, 0.3) is 0 Å². The molecule has 12 heteroatoms. The number of likely N-dealkylation sites (tertiary alicyclic amines) is 1. The number of benzene rings is 1. The number of hydrogen-bond donors (Lipinski definition) is 0. The van der Waals surface area contributed by atoms with E-state index in [1.165, 1.54) is 0 Å². The number of halogens is 1. The Kier molecular flexibility index (Phi) is 8.99. The molecule has 0 unspecified atom stereocenters. The fraction of sp³-hybridized carbons (Fsp3) is 0.727. The summed E-state index contributed by atoms with van der Waals surface area (Å²) in [6.45, 7) is 17.9. The van der Waals surface area contributed by atoms with Crippen molar-refractivity contribution in [1.82, 2.24) is 4.90 Å². The highest BCUT2D eigenvalue weighted by molar-refractivity contribution is 6.45. The van der Waals surface area contributed by atoms with Crippen LogP contribution in [0.4, 0.5) is 4.79 Å². The Balaban J connectivity index is 1.42. The maximum Gasteiger partial charge on any atom is 0.514 e. The minimum absolute atomic E-state index is 0.00836. The number of nitrogens with zero attached hydrogens (tertiary/aromatic N) is 1. The van der Waals surface area contributed by atoms with Gasteiger partial charge in [0.1, 0.15) is 34.5 Å². The van der Waals surface area contributed by atoms with Gasteiger partial charge in [0.25, 0.3) is 0 Å². The Hall–Kier alpha value is -2.50. The molecule has 4 atom stereocenters. The fourth-order valence-electron chi connectivity index (χ4n) is 7.23. The normalized spacial score (nSPS) is 27.2. The lowest BCUT2D eigenvalue weighted by molar-refractivity contribution is -0.199. The fourth-order valence-corrected chi connectivity index (χ4v) is 7.39. The van der Waals surface area contributed by atoms with Crippen LogP contribution in [-0.2, 0) is 30.0 Å². The van der Waals surface area contributed by atoms with Crippen molar-refractivity contribution in [2.24, 2.45) is 17.3 Å². The summed E-state index contributed by atoms with van der Waals surface area (Å²) in [4.78, 5) is 40.3. The molecule has 5 fully saturated rings. The Morgan fingerprint density at radius 3 is 2.29 bits per heavy atom. The second-order valence-electron chi connectivity index (χ2n) is 15.6. The van der Waals surface area contributed by atoms with Crippen molar-refractivity contribution in [2.75, 3.05) is 19.0 Å². The predicted octanol–water partition coefficient (Wildman–Crippen LogP) is 6.06. The average Bonchev–Trinajstić information content (AvgIpc) is 3.23. The lowest BCUT2D eigenvalue weighted by atomic mass is 9.43. The van der Waals surface area contributed by atoms with Crippen LogP contribution in [0.5, 0.6) is 11.5 Å². The Labute approximate surface area is 271 Å². The number of aryl methyl sites for hydroxylation is 1. The van der Waals surface area contributed by atoms with Crippen LogP contribution in [0.2, 0.25) is 6.32 Å². The van der Waals surface area contributed by atoms with Gasteiger partial charge >= 0.3 is 19.2 Å². The number of ether oxygens (including phenoxy) is 4. The minimum Gasteiger partial charge on any atom is -0.486 e. The van der Waals surface area contributed by atoms with E-state index in [9.17, 15) is 14.4 Å². The standard InChI is InChI=1S/C33H47BClNO9/c1-30(2,3)42-28(38)26-22(40-21-17-36(18-21)25(37)16-35)11-10-19(27(26)41-29(39)43-31(4,5)6)12-13-34-44-24-15-20-14-23(32(20,7)8)33(24,9)45-34/h10-11,20-21,23-24H,12-18H2,1-9H3/t20-,23-,24+,33-/m0/s1. The van der Waals surface area contributed by atoms with Crippen LogP contribution in [0.15, 0.2) is 12.1 Å². The zero-order valence-corrected chi connectivity index (χ0v) is 28.7. The second kappa shape index (κ2) is 11.9. The van der Waals surface area contributed by atoms with Gasteiger partial charge in [-0.15, -0.1) is 11.6 Å². The Morgan fingerprint density at radius 1 is 1.02 bits per heavy atom. The van der Waals surface area contributed by atoms with Crippen LogP contribution >= 0.6 is 11.6 Å². The molecule has 1 amide bonds. The molecule has 0 spiro atoms. The highest BCUT2D eigenvalue weighted by atomic mass is 35.5. The maximum atomic E-state index is 13.7. The van der Waals surface area contributed by atoms with Gasteiger partial charge in [0.05, 0.1) is 24.8 Å². The third kappa shape index (κ3) is 6.96. The molecule has 248 valence electrons. The maximum absolute atomic E-state index is 13.7. The minimum atomic E-state index is -0.956. The van der Waals surface area contributed by atoms with Gasteiger partial charge in [0.15, 0.2) is 5.75 Å². The highest BCUT2D eigenvalue weighted by Crippen LogP contribution is 2.65. The van der Waals surface area contributed by atoms with Gasteiger partial charge in [-0.2, -0.15) is 0 Å². The number of rotatable bonds is 8. The zero-order chi connectivity index (χ0) is 33.1. The Morgan fingerprint density at radius 2 is 1.69 bits per heavy atom. The van der Waals surface area contributed by atoms with E-state index >= 15 is 0 Å². The molecule has 0 N–H and O–H groups in total. The number of hydrogen-bond acceptors (Lipinski definition) is 9. The second-order valence-corrected chi connectivity index (χ2v) is 15.9. The topological polar surface area (TPSA) is 110 Å². The van der Waals surface area contributed by atoms with E-state index in [-0.39, 0.29) is 52.1 Å². The summed E-state index contributed by atoms with van der Waals surface area (Å²) in [5, 5.41) is 0. The molecule has 2 saturated heterocycles. The zero-order valence-electron chi connectivity index (χ0n) is 28.0. The molecular weight excluding hydrogens is 601 g/mol. The van der Waals surface area contributed by atoms with Gasteiger partial charge in [-0.1, -0.05) is 19.9 Å². The van der Waals surface area contributed by atoms with E-state index < -0.39 is 30.4 Å². The molecule has 0 radical (unpaired) electrons. The van der Waals surface area contributed by atoms with E-state index in [1.807, 2.05) is 0 Å². The van der Waals surface area contributed by atoms with Gasteiger partial charge in [0, 0.05) is 0 Å². The molecule has 3 aliphatic carbocycles. The molecule has 2 heterocycles. The summed E-state index contributed by atoms with van der Waals surface area (Å²) < 4.78 is 36.3. The molecular formula is C33H47BClNO9. The van der Waals surface area contributed by atoms with Crippen LogP contribution in [0.3, 0.4) is 0 Å². The van der Waals surface area contributed by atoms with Gasteiger partial charge in [-0.25, -0.2) is 9.59 Å². The monoisotopic (exact) mass is 647 g/mol.